The second-order valence-electron chi connectivity index (χ2n) is 3.91. The molecule has 3 nitrogen and oxygen atoms in total. The first-order valence-electron chi connectivity index (χ1n) is 5.36. The summed E-state index contributed by atoms with van der Waals surface area (Å²) in [5.74, 6) is 0. The van der Waals surface area contributed by atoms with Crippen LogP contribution in [0.3, 0.4) is 0 Å². The van der Waals surface area contributed by atoms with E-state index in [2.05, 4.69) is 55.3 Å². The zero-order valence-corrected chi connectivity index (χ0v) is 10.4. The Balaban J connectivity index is 2.06. The molecule has 1 aliphatic rings. The number of hydrogen-bond acceptors (Lipinski definition) is 2. The molecule has 16 heavy (non-hydrogen) atoms. The number of rotatable bonds is 1. The lowest BCUT2D eigenvalue weighted by Crippen LogP contribution is -2.28. The van der Waals surface area contributed by atoms with Crippen LogP contribution >= 0.6 is 15.9 Å². The first kappa shape index (κ1) is 10.1. The molecule has 3 rings (SSSR count). The van der Waals surface area contributed by atoms with Gasteiger partial charge in [-0.25, -0.2) is 0 Å². The lowest BCUT2D eigenvalue weighted by atomic mass is 10.1. The highest BCUT2D eigenvalue weighted by Gasteiger charge is 2.14. The Kier molecular flexibility index (Phi) is 2.53. The number of aromatic nitrogens is 2. The van der Waals surface area contributed by atoms with Gasteiger partial charge in [0.15, 0.2) is 0 Å². The van der Waals surface area contributed by atoms with Crippen LogP contribution < -0.4 is 5.32 Å². The summed E-state index contributed by atoms with van der Waals surface area (Å²) in [6.45, 7) is 2.88. The van der Waals surface area contributed by atoms with Crippen LogP contribution in [-0.2, 0) is 13.1 Å². The molecule has 82 valence electrons. The third-order valence-corrected chi connectivity index (χ3v) is 3.43. The summed E-state index contributed by atoms with van der Waals surface area (Å²) in [6.07, 6.45) is 1.96. The Hall–Kier alpha value is -1.13. The molecule has 0 saturated heterocycles. The second kappa shape index (κ2) is 4.03. The first-order valence-corrected chi connectivity index (χ1v) is 6.15. The van der Waals surface area contributed by atoms with Gasteiger partial charge < -0.3 is 5.32 Å². The molecule has 1 aliphatic heterocycles. The highest BCUT2D eigenvalue weighted by Crippen LogP contribution is 2.26. The van der Waals surface area contributed by atoms with Gasteiger partial charge in [0.25, 0.3) is 0 Å². The Labute approximate surface area is 103 Å². The molecule has 0 spiro atoms. The summed E-state index contributed by atoms with van der Waals surface area (Å²) in [7, 11) is 0. The summed E-state index contributed by atoms with van der Waals surface area (Å²) in [5, 5.41) is 7.80. The zero-order chi connectivity index (χ0) is 11.0. The predicted molar refractivity (Wildman–Crippen MR) is 67.1 cm³/mol. The molecule has 1 N–H and O–H groups in total. The average molecular weight is 278 g/mol. The largest absolute Gasteiger partial charge is 0.309 e. The minimum absolute atomic E-state index is 0.908. The summed E-state index contributed by atoms with van der Waals surface area (Å²) in [6, 6.07) is 8.37. The molecule has 2 aromatic rings. The molecular weight excluding hydrogens is 266 g/mol. The predicted octanol–water partition coefficient (Wildman–Crippen LogP) is 2.42. The molecule has 0 aliphatic carbocycles. The van der Waals surface area contributed by atoms with E-state index in [4.69, 9.17) is 0 Å². The van der Waals surface area contributed by atoms with Crippen molar-refractivity contribution in [1.82, 2.24) is 15.1 Å². The standard InChI is InChI=1S/C12H12BrN3/c13-10-3-1-9(2-4-10)11-7-15-16-6-5-14-8-12(11)16/h1-4,7,14H,5-6,8H2. The molecule has 0 atom stereocenters. The van der Waals surface area contributed by atoms with E-state index in [0.29, 0.717) is 0 Å². The van der Waals surface area contributed by atoms with Crippen molar-refractivity contribution >= 4 is 15.9 Å². The second-order valence-corrected chi connectivity index (χ2v) is 4.83. The van der Waals surface area contributed by atoms with E-state index >= 15 is 0 Å². The van der Waals surface area contributed by atoms with Crippen molar-refractivity contribution < 1.29 is 0 Å². The molecule has 1 aromatic carbocycles. The van der Waals surface area contributed by atoms with Crippen LogP contribution in [-0.4, -0.2) is 16.3 Å². The monoisotopic (exact) mass is 277 g/mol. The van der Waals surface area contributed by atoms with Crippen molar-refractivity contribution in [2.75, 3.05) is 6.54 Å². The summed E-state index contributed by atoms with van der Waals surface area (Å²) >= 11 is 3.45. The van der Waals surface area contributed by atoms with Crippen molar-refractivity contribution in [3.63, 3.8) is 0 Å². The highest BCUT2D eigenvalue weighted by molar-refractivity contribution is 9.10. The topological polar surface area (TPSA) is 29.9 Å². The van der Waals surface area contributed by atoms with Crippen LogP contribution in [0.4, 0.5) is 0 Å². The Bertz CT molecular complexity index is 501. The molecule has 0 unspecified atom stereocenters. The van der Waals surface area contributed by atoms with Gasteiger partial charge in [-0.3, -0.25) is 4.68 Å². The summed E-state index contributed by atoms with van der Waals surface area (Å²) in [5.41, 5.74) is 3.75. The number of halogens is 1. The molecular formula is C12H12BrN3. The molecule has 2 heterocycles. The van der Waals surface area contributed by atoms with E-state index in [9.17, 15) is 0 Å². The van der Waals surface area contributed by atoms with E-state index in [0.717, 1.165) is 24.1 Å². The van der Waals surface area contributed by atoms with Gasteiger partial charge in [-0.15, -0.1) is 0 Å². The number of nitrogens with zero attached hydrogens (tertiary/aromatic N) is 2. The summed E-state index contributed by atoms with van der Waals surface area (Å²) < 4.78 is 3.20. The van der Waals surface area contributed by atoms with Crippen LogP contribution in [0.1, 0.15) is 5.69 Å². The number of fused-ring (bicyclic) bond motifs is 1. The van der Waals surface area contributed by atoms with Crippen LogP contribution in [0.25, 0.3) is 11.1 Å². The minimum atomic E-state index is 0.908. The quantitative estimate of drug-likeness (QED) is 0.868. The van der Waals surface area contributed by atoms with Gasteiger partial charge in [0, 0.05) is 23.1 Å². The SMILES string of the molecule is Brc1ccc(-c2cnn3c2CNCC3)cc1. The Morgan fingerprint density at radius 3 is 2.88 bits per heavy atom. The van der Waals surface area contributed by atoms with Crippen molar-refractivity contribution in [1.29, 1.82) is 0 Å². The van der Waals surface area contributed by atoms with Crippen molar-refractivity contribution in [2.45, 2.75) is 13.1 Å². The van der Waals surface area contributed by atoms with Crippen molar-refractivity contribution in [2.24, 2.45) is 0 Å². The van der Waals surface area contributed by atoms with Crippen LogP contribution in [0, 0.1) is 0 Å². The van der Waals surface area contributed by atoms with Crippen LogP contribution in [0.5, 0.6) is 0 Å². The molecule has 0 bridgehead atoms. The molecule has 4 heteroatoms. The third-order valence-electron chi connectivity index (χ3n) is 2.90. The third kappa shape index (κ3) is 1.68. The van der Waals surface area contributed by atoms with Gasteiger partial charge in [0.1, 0.15) is 0 Å². The van der Waals surface area contributed by atoms with Crippen molar-refractivity contribution in [3.8, 4) is 11.1 Å². The number of hydrogen-bond donors (Lipinski definition) is 1. The fourth-order valence-electron chi connectivity index (χ4n) is 2.05. The maximum Gasteiger partial charge on any atom is 0.0601 e. The highest BCUT2D eigenvalue weighted by atomic mass is 79.9. The van der Waals surface area contributed by atoms with E-state index < -0.39 is 0 Å². The summed E-state index contributed by atoms with van der Waals surface area (Å²) in [4.78, 5) is 0. The van der Waals surface area contributed by atoms with Crippen molar-refractivity contribution in [3.05, 3.63) is 40.6 Å². The zero-order valence-electron chi connectivity index (χ0n) is 8.78. The van der Waals surface area contributed by atoms with E-state index in [1.165, 1.54) is 16.8 Å². The fourth-order valence-corrected chi connectivity index (χ4v) is 2.32. The van der Waals surface area contributed by atoms with Gasteiger partial charge in [-0.2, -0.15) is 5.10 Å². The van der Waals surface area contributed by atoms with Gasteiger partial charge in [0.2, 0.25) is 0 Å². The Morgan fingerprint density at radius 1 is 1.25 bits per heavy atom. The smallest absolute Gasteiger partial charge is 0.0601 e. The molecule has 0 saturated carbocycles. The van der Waals surface area contributed by atoms with Crippen LogP contribution in [0.15, 0.2) is 34.9 Å². The van der Waals surface area contributed by atoms with Gasteiger partial charge in [0.05, 0.1) is 18.4 Å². The number of benzene rings is 1. The van der Waals surface area contributed by atoms with E-state index in [-0.39, 0.29) is 0 Å². The molecule has 1 aromatic heterocycles. The maximum absolute atomic E-state index is 4.42. The average Bonchev–Trinajstić information content (AvgIpc) is 2.74. The van der Waals surface area contributed by atoms with Gasteiger partial charge in [-0.05, 0) is 17.7 Å². The van der Waals surface area contributed by atoms with Crippen LogP contribution in [0.2, 0.25) is 0 Å². The van der Waals surface area contributed by atoms with E-state index in [1.807, 2.05) is 6.20 Å². The minimum Gasteiger partial charge on any atom is -0.309 e. The lowest BCUT2D eigenvalue weighted by molar-refractivity contribution is 0.476. The van der Waals surface area contributed by atoms with E-state index in [1.54, 1.807) is 0 Å². The normalized spacial score (nSPS) is 14.8. The fraction of sp³-hybridized carbons (Fsp3) is 0.250. The van der Waals surface area contributed by atoms with Gasteiger partial charge >= 0.3 is 0 Å². The Morgan fingerprint density at radius 2 is 2.06 bits per heavy atom. The molecule has 0 fully saturated rings. The molecule has 0 amide bonds. The maximum atomic E-state index is 4.42. The molecule has 0 radical (unpaired) electrons. The lowest BCUT2D eigenvalue weighted by Gasteiger charge is -2.16. The van der Waals surface area contributed by atoms with Gasteiger partial charge in [-0.1, -0.05) is 28.1 Å². The number of nitrogens with one attached hydrogen (secondary N) is 1. The first-order chi connectivity index (χ1) is 7.84.